The summed E-state index contributed by atoms with van der Waals surface area (Å²) in [5, 5.41) is 2.74. The van der Waals surface area contributed by atoms with Crippen molar-refractivity contribution in [1.82, 2.24) is 10.0 Å². The maximum Gasteiger partial charge on any atom is 0.240 e. The smallest absolute Gasteiger partial charge is 0.240 e. The van der Waals surface area contributed by atoms with Gasteiger partial charge in [-0.05, 0) is 24.1 Å². The zero-order valence-electron chi connectivity index (χ0n) is 12.4. The van der Waals surface area contributed by atoms with Crippen LogP contribution >= 0.6 is 0 Å². The van der Waals surface area contributed by atoms with Gasteiger partial charge in [0.15, 0.2) is 0 Å². The van der Waals surface area contributed by atoms with Crippen LogP contribution in [0, 0.1) is 0 Å². The average Bonchev–Trinajstić information content (AvgIpc) is 2.46. The van der Waals surface area contributed by atoms with Gasteiger partial charge < -0.3 is 10.1 Å². The van der Waals surface area contributed by atoms with E-state index in [4.69, 9.17) is 4.74 Å². The van der Waals surface area contributed by atoms with Gasteiger partial charge >= 0.3 is 0 Å². The number of methoxy groups -OCH3 is 1. The number of hydrogen-bond donors (Lipinski definition) is 2. The van der Waals surface area contributed by atoms with Crippen molar-refractivity contribution in [2.75, 3.05) is 26.8 Å². The van der Waals surface area contributed by atoms with Gasteiger partial charge in [-0.25, -0.2) is 13.1 Å². The van der Waals surface area contributed by atoms with Crippen molar-refractivity contribution in [2.24, 2.45) is 0 Å². The van der Waals surface area contributed by atoms with Crippen LogP contribution in [0.2, 0.25) is 0 Å². The number of carbonyl (C=O) groups is 1. The van der Waals surface area contributed by atoms with Crippen LogP contribution in [-0.2, 0) is 26.0 Å². The minimum absolute atomic E-state index is 0.0450. The van der Waals surface area contributed by atoms with Crippen LogP contribution < -0.4 is 10.0 Å². The van der Waals surface area contributed by atoms with E-state index in [1.54, 1.807) is 38.3 Å². The number of amides is 1. The third kappa shape index (κ3) is 6.24. The Morgan fingerprint density at radius 3 is 2.48 bits per heavy atom. The predicted molar refractivity (Wildman–Crippen MR) is 80.5 cm³/mol. The second kappa shape index (κ2) is 8.76. The maximum atomic E-state index is 11.8. The molecule has 0 spiro atoms. The number of sulfonamides is 1. The molecule has 118 valence electrons. The molecule has 1 rings (SSSR count). The molecule has 1 aromatic carbocycles. The molecule has 0 aliphatic carbocycles. The molecule has 0 aromatic heterocycles. The lowest BCUT2D eigenvalue weighted by molar-refractivity contribution is -0.121. The molecule has 0 bridgehead atoms. The molecule has 2 N–H and O–H groups in total. The van der Waals surface area contributed by atoms with Gasteiger partial charge in [-0.2, -0.15) is 0 Å². The van der Waals surface area contributed by atoms with Gasteiger partial charge in [-0.3, -0.25) is 4.79 Å². The second-order valence-electron chi connectivity index (χ2n) is 4.49. The van der Waals surface area contributed by atoms with Crippen LogP contribution in [0.4, 0.5) is 0 Å². The normalized spacial score (nSPS) is 11.3. The molecule has 1 amide bonds. The van der Waals surface area contributed by atoms with Crippen LogP contribution in [0.3, 0.4) is 0 Å². The zero-order valence-corrected chi connectivity index (χ0v) is 13.2. The Balaban J connectivity index is 2.50. The standard InChI is InChI=1S/C14H22N2O4S/c1-3-16-21(18,19)13-7-4-12(5-8-13)6-9-14(17)15-10-11-20-2/h4-5,7-8,16H,3,6,9-11H2,1-2H3,(H,15,17). The van der Waals surface area contributed by atoms with Gasteiger partial charge in [-0.1, -0.05) is 19.1 Å². The van der Waals surface area contributed by atoms with E-state index in [1.807, 2.05) is 0 Å². The van der Waals surface area contributed by atoms with Crippen LogP contribution in [-0.4, -0.2) is 41.1 Å². The number of benzene rings is 1. The highest BCUT2D eigenvalue weighted by Crippen LogP contribution is 2.11. The Kier molecular flexibility index (Phi) is 7.35. The molecule has 1 aromatic rings. The average molecular weight is 314 g/mol. The van der Waals surface area contributed by atoms with Gasteiger partial charge in [0.05, 0.1) is 11.5 Å². The number of hydrogen-bond acceptors (Lipinski definition) is 4. The van der Waals surface area contributed by atoms with E-state index in [2.05, 4.69) is 10.0 Å². The van der Waals surface area contributed by atoms with Crippen molar-refractivity contribution >= 4 is 15.9 Å². The van der Waals surface area contributed by atoms with Crippen molar-refractivity contribution in [1.29, 1.82) is 0 Å². The Morgan fingerprint density at radius 2 is 1.90 bits per heavy atom. The van der Waals surface area contributed by atoms with E-state index in [1.165, 1.54) is 0 Å². The third-order valence-corrected chi connectivity index (χ3v) is 4.40. The van der Waals surface area contributed by atoms with Crippen molar-refractivity contribution in [3.8, 4) is 0 Å². The molecule has 21 heavy (non-hydrogen) atoms. The van der Waals surface area contributed by atoms with E-state index in [0.29, 0.717) is 32.5 Å². The lowest BCUT2D eigenvalue weighted by Gasteiger charge is -2.07. The Labute approximate surface area is 125 Å². The van der Waals surface area contributed by atoms with Crippen molar-refractivity contribution in [3.63, 3.8) is 0 Å². The summed E-state index contributed by atoms with van der Waals surface area (Å²) in [7, 11) is -1.84. The quantitative estimate of drug-likeness (QED) is 0.657. The molecule has 0 aliphatic rings. The SMILES string of the molecule is CCNS(=O)(=O)c1ccc(CCC(=O)NCCOC)cc1. The number of aryl methyl sites for hydroxylation is 1. The molecule has 0 aliphatic heterocycles. The van der Waals surface area contributed by atoms with Gasteiger partial charge in [0.2, 0.25) is 15.9 Å². The maximum absolute atomic E-state index is 11.8. The first-order valence-corrected chi connectivity index (χ1v) is 8.32. The molecule has 0 atom stereocenters. The molecule has 7 heteroatoms. The summed E-state index contributed by atoms with van der Waals surface area (Å²) in [4.78, 5) is 11.8. The molecular weight excluding hydrogens is 292 g/mol. The molecule has 0 saturated carbocycles. The number of rotatable bonds is 9. The first-order chi connectivity index (χ1) is 9.99. The van der Waals surface area contributed by atoms with Crippen LogP contribution in [0.25, 0.3) is 0 Å². The molecule has 6 nitrogen and oxygen atoms in total. The fourth-order valence-corrected chi connectivity index (χ4v) is 2.79. The summed E-state index contributed by atoms with van der Waals surface area (Å²) >= 11 is 0. The summed E-state index contributed by atoms with van der Waals surface area (Å²) < 4.78 is 30.8. The van der Waals surface area contributed by atoms with Crippen molar-refractivity contribution < 1.29 is 17.9 Å². The second-order valence-corrected chi connectivity index (χ2v) is 6.25. The van der Waals surface area contributed by atoms with Crippen molar-refractivity contribution in [3.05, 3.63) is 29.8 Å². The molecule has 0 heterocycles. The first-order valence-electron chi connectivity index (χ1n) is 6.84. The lowest BCUT2D eigenvalue weighted by Crippen LogP contribution is -2.27. The van der Waals surface area contributed by atoms with Gasteiger partial charge in [0.25, 0.3) is 0 Å². The van der Waals surface area contributed by atoms with Crippen LogP contribution in [0.15, 0.2) is 29.2 Å². The largest absolute Gasteiger partial charge is 0.383 e. The van der Waals surface area contributed by atoms with Gasteiger partial charge in [0, 0.05) is 26.6 Å². The summed E-state index contributed by atoms with van der Waals surface area (Å²) in [5.41, 5.74) is 0.923. The highest BCUT2D eigenvalue weighted by Gasteiger charge is 2.12. The van der Waals surface area contributed by atoms with E-state index in [-0.39, 0.29) is 10.8 Å². The highest BCUT2D eigenvalue weighted by molar-refractivity contribution is 7.89. The summed E-state index contributed by atoms with van der Waals surface area (Å²) in [6.07, 6.45) is 0.934. The lowest BCUT2D eigenvalue weighted by atomic mass is 10.1. The summed E-state index contributed by atoms with van der Waals surface area (Å²) in [5.74, 6) is -0.0450. The Hall–Kier alpha value is -1.44. The summed E-state index contributed by atoms with van der Waals surface area (Å²) in [6.45, 7) is 3.07. The van der Waals surface area contributed by atoms with E-state index in [9.17, 15) is 13.2 Å². The third-order valence-electron chi connectivity index (χ3n) is 2.84. The van der Waals surface area contributed by atoms with Crippen LogP contribution in [0.5, 0.6) is 0 Å². The first kappa shape index (κ1) is 17.6. The van der Waals surface area contributed by atoms with Gasteiger partial charge in [0.1, 0.15) is 0 Å². The van der Waals surface area contributed by atoms with E-state index < -0.39 is 10.0 Å². The molecule has 0 fully saturated rings. The predicted octanol–water partition coefficient (Wildman–Crippen LogP) is 0.680. The molecular formula is C14H22N2O4S. The Bertz CT molecular complexity index is 541. The molecule has 0 saturated heterocycles. The van der Waals surface area contributed by atoms with Gasteiger partial charge in [-0.15, -0.1) is 0 Å². The minimum atomic E-state index is -3.42. The van der Waals surface area contributed by atoms with E-state index >= 15 is 0 Å². The highest BCUT2D eigenvalue weighted by atomic mass is 32.2. The number of nitrogens with one attached hydrogen (secondary N) is 2. The Morgan fingerprint density at radius 1 is 1.24 bits per heavy atom. The fourth-order valence-electron chi connectivity index (χ4n) is 1.75. The molecule has 0 unspecified atom stereocenters. The zero-order chi connectivity index (χ0) is 15.7. The number of carbonyl (C=O) groups excluding carboxylic acids is 1. The summed E-state index contributed by atoms with van der Waals surface area (Å²) in [6, 6.07) is 6.56. The minimum Gasteiger partial charge on any atom is -0.383 e. The molecule has 0 radical (unpaired) electrons. The topological polar surface area (TPSA) is 84.5 Å². The van der Waals surface area contributed by atoms with Crippen molar-refractivity contribution in [2.45, 2.75) is 24.7 Å². The van der Waals surface area contributed by atoms with E-state index in [0.717, 1.165) is 5.56 Å². The monoisotopic (exact) mass is 314 g/mol. The van der Waals surface area contributed by atoms with Crippen LogP contribution in [0.1, 0.15) is 18.9 Å². The fraction of sp³-hybridized carbons (Fsp3) is 0.500. The number of ether oxygens (including phenoxy) is 1.